The summed E-state index contributed by atoms with van der Waals surface area (Å²) < 4.78 is 40.0. The van der Waals surface area contributed by atoms with Crippen LogP contribution in [-0.2, 0) is 10.4 Å². The van der Waals surface area contributed by atoms with Gasteiger partial charge in [0.2, 0.25) is 0 Å². The minimum Gasteiger partial charge on any atom is -0.376 e. The molecule has 2 rings (SSSR count). The van der Waals surface area contributed by atoms with Gasteiger partial charge < -0.3 is 5.11 Å². The summed E-state index contributed by atoms with van der Waals surface area (Å²) in [5.41, 5.74) is -1.82. The Kier molecular flexibility index (Phi) is 5.24. The van der Waals surface area contributed by atoms with Crippen molar-refractivity contribution in [3.63, 3.8) is 0 Å². The van der Waals surface area contributed by atoms with Crippen LogP contribution in [0.5, 0.6) is 0 Å². The Labute approximate surface area is 138 Å². The lowest BCUT2D eigenvalue weighted by atomic mass is 9.87. The summed E-state index contributed by atoms with van der Waals surface area (Å²) in [5.74, 6) is -0.806. The predicted octanol–water partition coefficient (Wildman–Crippen LogP) is 4.42. The lowest BCUT2D eigenvalue weighted by Gasteiger charge is -2.30. The fourth-order valence-electron chi connectivity index (χ4n) is 2.26. The van der Waals surface area contributed by atoms with Gasteiger partial charge in [-0.25, -0.2) is 0 Å². The fraction of sp³-hybridized carbons (Fsp3) is 0.211. The molecule has 0 heterocycles. The Morgan fingerprint density at radius 2 is 1.62 bits per heavy atom. The first-order chi connectivity index (χ1) is 11.2. The highest BCUT2D eigenvalue weighted by molar-refractivity contribution is 5.94. The van der Waals surface area contributed by atoms with Crippen molar-refractivity contribution in [3.05, 3.63) is 77.4 Å². The molecule has 0 spiro atoms. The third-order valence-corrected chi connectivity index (χ3v) is 3.69. The van der Waals surface area contributed by atoms with Crippen LogP contribution >= 0.6 is 0 Å². The number of aryl methyl sites for hydroxylation is 1. The zero-order chi connectivity index (χ0) is 17.8. The smallest absolute Gasteiger partial charge is 0.376 e. The van der Waals surface area contributed by atoms with E-state index in [0.29, 0.717) is 5.56 Å². The lowest BCUT2D eigenvalue weighted by Crippen LogP contribution is -2.43. The molecule has 0 unspecified atom stereocenters. The number of hydrogen-bond acceptors (Lipinski definition) is 2. The zero-order valence-corrected chi connectivity index (χ0v) is 13.0. The summed E-state index contributed by atoms with van der Waals surface area (Å²) >= 11 is 0. The second kappa shape index (κ2) is 7.01. The monoisotopic (exact) mass is 334 g/mol. The van der Waals surface area contributed by atoms with Gasteiger partial charge in [-0.15, -0.1) is 0 Å². The van der Waals surface area contributed by atoms with Crippen LogP contribution in [-0.4, -0.2) is 17.1 Å². The Morgan fingerprint density at radius 1 is 1.04 bits per heavy atom. The SMILES string of the molecule is Cc1ccc(/C=C/C(=O)C[C@@](O)(c2ccccc2)C(F)(F)F)cc1. The van der Waals surface area contributed by atoms with Crippen LogP contribution in [0.1, 0.15) is 23.1 Å². The number of aliphatic hydroxyl groups is 1. The Balaban J connectivity index is 2.21. The number of carbonyl (C=O) groups is 1. The maximum Gasteiger partial charge on any atom is 0.421 e. The number of ketones is 1. The minimum absolute atomic E-state index is 0.352. The molecular weight excluding hydrogens is 317 g/mol. The summed E-state index contributed by atoms with van der Waals surface area (Å²) in [4.78, 5) is 12.0. The average molecular weight is 334 g/mol. The van der Waals surface area contributed by atoms with E-state index < -0.39 is 24.0 Å². The van der Waals surface area contributed by atoms with E-state index in [2.05, 4.69) is 0 Å². The van der Waals surface area contributed by atoms with Crippen LogP contribution in [0.2, 0.25) is 0 Å². The molecule has 2 aromatic carbocycles. The average Bonchev–Trinajstić information content (AvgIpc) is 2.54. The van der Waals surface area contributed by atoms with E-state index in [4.69, 9.17) is 0 Å². The van der Waals surface area contributed by atoms with Gasteiger partial charge in [0.1, 0.15) is 0 Å². The van der Waals surface area contributed by atoms with Crippen LogP contribution in [0.25, 0.3) is 6.08 Å². The van der Waals surface area contributed by atoms with E-state index in [1.54, 1.807) is 18.2 Å². The van der Waals surface area contributed by atoms with E-state index >= 15 is 0 Å². The number of alkyl halides is 3. The molecule has 0 radical (unpaired) electrons. The van der Waals surface area contributed by atoms with Gasteiger partial charge in [-0.2, -0.15) is 13.2 Å². The predicted molar refractivity (Wildman–Crippen MR) is 86.2 cm³/mol. The lowest BCUT2D eigenvalue weighted by molar-refractivity contribution is -0.266. The second-order valence-electron chi connectivity index (χ2n) is 5.61. The van der Waals surface area contributed by atoms with Gasteiger partial charge in [0, 0.05) is 0 Å². The molecular formula is C19H17F3O2. The first kappa shape index (κ1) is 17.9. The molecule has 5 heteroatoms. The zero-order valence-electron chi connectivity index (χ0n) is 13.0. The van der Waals surface area contributed by atoms with Crippen molar-refractivity contribution < 1.29 is 23.1 Å². The van der Waals surface area contributed by atoms with Gasteiger partial charge in [-0.1, -0.05) is 66.2 Å². The van der Waals surface area contributed by atoms with Crippen molar-refractivity contribution in [1.82, 2.24) is 0 Å². The molecule has 1 atom stereocenters. The molecule has 0 fully saturated rings. The molecule has 126 valence electrons. The molecule has 0 bridgehead atoms. The largest absolute Gasteiger partial charge is 0.421 e. The van der Waals surface area contributed by atoms with Crippen molar-refractivity contribution in [2.75, 3.05) is 0 Å². The van der Waals surface area contributed by atoms with E-state index in [1.807, 2.05) is 19.1 Å². The topological polar surface area (TPSA) is 37.3 Å². The molecule has 0 aromatic heterocycles. The normalized spacial score (nSPS) is 14.5. The molecule has 0 aliphatic rings. The second-order valence-corrected chi connectivity index (χ2v) is 5.61. The van der Waals surface area contributed by atoms with Gasteiger partial charge >= 0.3 is 6.18 Å². The standard InChI is InChI=1S/C19H17F3O2/c1-14-7-9-15(10-8-14)11-12-17(23)13-18(24,19(20,21)22)16-5-3-2-4-6-16/h2-12,24H,13H2,1H3/b12-11+/t18-/m1/s1. The maximum atomic E-state index is 13.3. The van der Waals surface area contributed by atoms with Gasteiger partial charge in [0.15, 0.2) is 11.4 Å². The summed E-state index contributed by atoms with van der Waals surface area (Å²) in [6.07, 6.45) is -3.53. The first-order valence-corrected chi connectivity index (χ1v) is 7.34. The van der Waals surface area contributed by atoms with Gasteiger partial charge in [0.25, 0.3) is 0 Å². The summed E-state index contributed by atoms with van der Waals surface area (Å²) in [7, 11) is 0. The fourth-order valence-corrected chi connectivity index (χ4v) is 2.26. The molecule has 0 saturated heterocycles. The first-order valence-electron chi connectivity index (χ1n) is 7.34. The number of allylic oxidation sites excluding steroid dienone is 1. The summed E-state index contributed by atoms with van der Waals surface area (Å²) in [5, 5.41) is 10.1. The van der Waals surface area contributed by atoms with Crippen molar-refractivity contribution in [2.45, 2.75) is 25.1 Å². The van der Waals surface area contributed by atoms with Crippen LogP contribution in [0.4, 0.5) is 13.2 Å². The summed E-state index contributed by atoms with van der Waals surface area (Å²) in [6.45, 7) is 1.90. The van der Waals surface area contributed by atoms with Gasteiger partial charge in [0.05, 0.1) is 6.42 Å². The molecule has 0 saturated carbocycles. The van der Waals surface area contributed by atoms with Gasteiger partial charge in [-0.3, -0.25) is 4.79 Å². The molecule has 0 aliphatic heterocycles. The third kappa shape index (κ3) is 4.11. The maximum absolute atomic E-state index is 13.3. The van der Waals surface area contributed by atoms with Crippen molar-refractivity contribution in [2.24, 2.45) is 0 Å². The Hall–Kier alpha value is -2.40. The molecule has 1 N–H and O–H groups in total. The number of hydrogen-bond donors (Lipinski definition) is 1. The minimum atomic E-state index is -4.96. The number of benzene rings is 2. The van der Waals surface area contributed by atoms with Crippen LogP contribution in [0.3, 0.4) is 0 Å². The Bertz CT molecular complexity index is 719. The van der Waals surface area contributed by atoms with Crippen molar-refractivity contribution in [3.8, 4) is 0 Å². The van der Waals surface area contributed by atoms with Crippen LogP contribution in [0.15, 0.2) is 60.7 Å². The van der Waals surface area contributed by atoms with E-state index in [9.17, 15) is 23.1 Å². The Morgan fingerprint density at radius 3 is 2.17 bits per heavy atom. The highest BCUT2D eigenvalue weighted by Gasteiger charge is 2.55. The highest BCUT2D eigenvalue weighted by atomic mass is 19.4. The van der Waals surface area contributed by atoms with Crippen LogP contribution in [0, 0.1) is 6.92 Å². The number of halogens is 3. The molecule has 2 aromatic rings. The quantitative estimate of drug-likeness (QED) is 0.822. The molecule has 24 heavy (non-hydrogen) atoms. The highest BCUT2D eigenvalue weighted by Crippen LogP contribution is 2.41. The van der Waals surface area contributed by atoms with Crippen molar-refractivity contribution in [1.29, 1.82) is 0 Å². The molecule has 0 aliphatic carbocycles. The molecule has 0 amide bonds. The van der Waals surface area contributed by atoms with Crippen molar-refractivity contribution >= 4 is 11.9 Å². The van der Waals surface area contributed by atoms with E-state index in [1.165, 1.54) is 18.2 Å². The number of carbonyl (C=O) groups excluding carboxylic acids is 1. The molecule has 2 nitrogen and oxygen atoms in total. The van der Waals surface area contributed by atoms with E-state index in [-0.39, 0.29) is 5.56 Å². The summed E-state index contributed by atoms with van der Waals surface area (Å²) in [6, 6.07) is 13.8. The third-order valence-electron chi connectivity index (χ3n) is 3.69. The van der Waals surface area contributed by atoms with Gasteiger partial charge in [-0.05, 0) is 24.1 Å². The van der Waals surface area contributed by atoms with E-state index in [0.717, 1.165) is 23.8 Å². The number of rotatable bonds is 5. The van der Waals surface area contributed by atoms with Crippen LogP contribution < -0.4 is 0 Å².